The van der Waals surface area contributed by atoms with E-state index in [1.54, 1.807) is 35.2 Å². The average Bonchev–Trinajstić information content (AvgIpc) is 2.63. The molecule has 1 aliphatic carbocycles. The van der Waals surface area contributed by atoms with Gasteiger partial charge in [0.1, 0.15) is 0 Å². The predicted octanol–water partition coefficient (Wildman–Crippen LogP) is 7.46. The summed E-state index contributed by atoms with van der Waals surface area (Å²) in [7, 11) is 0. The zero-order valence-corrected chi connectivity index (χ0v) is 19.5. The van der Waals surface area contributed by atoms with Gasteiger partial charge >= 0.3 is 0 Å². The van der Waals surface area contributed by atoms with Crippen LogP contribution in [-0.2, 0) is 9.59 Å². The molecule has 0 aromatic heterocycles. The minimum Gasteiger partial charge on any atom is -0.294 e. The van der Waals surface area contributed by atoms with Crippen LogP contribution in [0.5, 0.6) is 0 Å². The zero-order chi connectivity index (χ0) is 21.8. The number of carbonyl (C=O) groups excluding carboxylic acids is 2. The van der Waals surface area contributed by atoms with Gasteiger partial charge in [-0.2, -0.15) is 0 Å². The van der Waals surface area contributed by atoms with Crippen molar-refractivity contribution in [2.75, 3.05) is 4.90 Å². The van der Waals surface area contributed by atoms with Crippen molar-refractivity contribution in [3.8, 4) is 0 Å². The second kappa shape index (κ2) is 7.87. The highest BCUT2D eigenvalue weighted by Crippen LogP contribution is 2.50. The summed E-state index contributed by atoms with van der Waals surface area (Å²) in [6.07, 6.45) is 1.06. The number of nitrogens with zero attached hydrogens (tertiary/aromatic N) is 1. The minimum absolute atomic E-state index is 0.0184. The number of anilines is 1. The maximum absolute atomic E-state index is 13.4. The third-order valence-electron chi connectivity index (χ3n) is 5.65. The van der Waals surface area contributed by atoms with Gasteiger partial charge in [0.25, 0.3) is 0 Å². The lowest BCUT2D eigenvalue weighted by Gasteiger charge is -2.43. The van der Waals surface area contributed by atoms with E-state index in [1.807, 2.05) is 19.9 Å². The standard InChI is InChI=1S/C23H19Cl4NO2/c1-23(2)10-18-21(19(29)11-23)14(13-4-3-5-15(25)22(13)27)9-20(30)28(18)17-7-6-12(24)8-16(17)26/h3-8,14H,9-11H2,1-2H3. The van der Waals surface area contributed by atoms with Gasteiger partial charge < -0.3 is 0 Å². The number of carbonyl (C=O) groups is 2. The van der Waals surface area contributed by atoms with Gasteiger partial charge in [0.15, 0.2) is 5.78 Å². The summed E-state index contributed by atoms with van der Waals surface area (Å²) in [5, 5.41) is 1.61. The number of ketones is 1. The van der Waals surface area contributed by atoms with Crippen LogP contribution in [0.1, 0.15) is 44.6 Å². The largest absolute Gasteiger partial charge is 0.294 e. The van der Waals surface area contributed by atoms with E-state index in [0.717, 1.165) is 0 Å². The Morgan fingerprint density at radius 3 is 2.40 bits per heavy atom. The number of hydrogen-bond donors (Lipinski definition) is 0. The molecule has 1 aliphatic heterocycles. The summed E-state index contributed by atoms with van der Waals surface area (Å²) in [6, 6.07) is 10.3. The summed E-state index contributed by atoms with van der Waals surface area (Å²) in [4.78, 5) is 28.3. The molecule has 0 fully saturated rings. The quantitative estimate of drug-likeness (QED) is 0.445. The number of rotatable bonds is 2. The van der Waals surface area contributed by atoms with Crippen LogP contribution in [0.25, 0.3) is 0 Å². The Hall–Kier alpha value is -1.52. The Kier molecular flexibility index (Phi) is 5.69. The van der Waals surface area contributed by atoms with Crippen LogP contribution in [-0.4, -0.2) is 11.7 Å². The third kappa shape index (κ3) is 3.78. The number of halogens is 4. The van der Waals surface area contributed by atoms with E-state index in [2.05, 4.69) is 0 Å². The van der Waals surface area contributed by atoms with E-state index in [0.29, 0.717) is 55.5 Å². The number of allylic oxidation sites excluding steroid dienone is 2. The number of hydrogen-bond acceptors (Lipinski definition) is 2. The van der Waals surface area contributed by atoms with Gasteiger partial charge in [-0.1, -0.05) is 72.4 Å². The van der Waals surface area contributed by atoms with Crippen molar-refractivity contribution in [1.82, 2.24) is 0 Å². The van der Waals surface area contributed by atoms with Crippen molar-refractivity contribution < 1.29 is 9.59 Å². The van der Waals surface area contributed by atoms with Crippen LogP contribution in [0.4, 0.5) is 5.69 Å². The first-order chi connectivity index (χ1) is 14.1. The SMILES string of the molecule is CC1(C)CC(=O)C2=C(C1)N(c1ccc(Cl)cc1Cl)C(=O)CC2c1cccc(Cl)c1Cl. The molecule has 1 unspecified atom stereocenters. The highest BCUT2D eigenvalue weighted by Gasteiger charge is 2.45. The minimum atomic E-state index is -0.440. The first-order valence-electron chi connectivity index (χ1n) is 9.57. The summed E-state index contributed by atoms with van der Waals surface area (Å²) in [5.41, 5.74) is 2.23. The van der Waals surface area contributed by atoms with Crippen molar-refractivity contribution in [3.05, 3.63) is 73.3 Å². The predicted molar refractivity (Wildman–Crippen MR) is 123 cm³/mol. The van der Waals surface area contributed by atoms with E-state index in [1.165, 1.54) is 0 Å². The lowest BCUT2D eigenvalue weighted by Crippen LogP contribution is -2.43. The highest BCUT2D eigenvalue weighted by atomic mass is 35.5. The Morgan fingerprint density at radius 1 is 0.967 bits per heavy atom. The van der Waals surface area contributed by atoms with Gasteiger partial charge in [-0.3, -0.25) is 14.5 Å². The Bertz CT molecular complexity index is 1110. The molecule has 2 aromatic carbocycles. The molecule has 0 bridgehead atoms. The lowest BCUT2D eigenvalue weighted by atomic mass is 9.69. The molecule has 0 saturated heterocycles. The molecular weight excluding hydrogens is 464 g/mol. The van der Waals surface area contributed by atoms with Crippen LogP contribution in [0, 0.1) is 5.41 Å². The molecule has 156 valence electrons. The number of Topliss-reactive ketones (excluding diaryl/α,β-unsaturated/α-hetero) is 1. The molecule has 0 saturated carbocycles. The van der Waals surface area contributed by atoms with E-state index in [4.69, 9.17) is 46.4 Å². The molecule has 2 aliphatic rings. The van der Waals surface area contributed by atoms with Crippen LogP contribution in [0.2, 0.25) is 20.1 Å². The molecule has 3 nitrogen and oxygen atoms in total. The number of amides is 1. The van der Waals surface area contributed by atoms with E-state index in [-0.39, 0.29) is 23.5 Å². The first kappa shape index (κ1) is 21.7. The van der Waals surface area contributed by atoms with Crippen LogP contribution in [0.15, 0.2) is 47.7 Å². The van der Waals surface area contributed by atoms with Crippen LogP contribution in [0.3, 0.4) is 0 Å². The van der Waals surface area contributed by atoms with E-state index in [9.17, 15) is 9.59 Å². The molecule has 0 N–H and O–H groups in total. The molecule has 7 heteroatoms. The van der Waals surface area contributed by atoms with Gasteiger partial charge in [0.05, 0.1) is 20.8 Å². The van der Waals surface area contributed by atoms with Gasteiger partial charge in [0.2, 0.25) is 5.91 Å². The summed E-state index contributed by atoms with van der Waals surface area (Å²) >= 11 is 25.2. The fraction of sp³-hybridized carbons (Fsp3) is 0.304. The van der Waals surface area contributed by atoms with Gasteiger partial charge in [-0.15, -0.1) is 0 Å². The van der Waals surface area contributed by atoms with E-state index < -0.39 is 5.92 Å². The second-order valence-corrected chi connectivity index (χ2v) is 10.2. The number of benzene rings is 2. The second-order valence-electron chi connectivity index (χ2n) is 8.53. The molecule has 1 heterocycles. The lowest BCUT2D eigenvalue weighted by molar-refractivity contribution is -0.121. The summed E-state index contributed by atoms with van der Waals surface area (Å²) in [5.74, 6) is -0.570. The highest BCUT2D eigenvalue weighted by molar-refractivity contribution is 6.42. The third-order valence-corrected chi connectivity index (χ3v) is 7.02. The Labute approximate surface area is 195 Å². The van der Waals surface area contributed by atoms with Gasteiger partial charge in [-0.05, 0) is 41.7 Å². The van der Waals surface area contributed by atoms with Crippen LogP contribution < -0.4 is 4.90 Å². The van der Waals surface area contributed by atoms with Crippen molar-refractivity contribution in [2.24, 2.45) is 5.41 Å². The molecule has 2 aromatic rings. The smallest absolute Gasteiger partial charge is 0.232 e. The molecule has 4 rings (SSSR count). The molecule has 0 radical (unpaired) electrons. The molecule has 1 amide bonds. The maximum Gasteiger partial charge on any atom is 0.232 e. The Balaban J connectivity index is 1.95. The molecule has 0 spiro atoms. The first-order valence-corrected chi connectivity index (χ1v) is 11.1. The van der Waals surface area contributed by atoms with Crippen molar-refractivity contribution in [1.29, 1.82) is 0 Å². The van der Waals surface area contributed by atoms with Crippen molar-refractivity contribution in [3.63, 3.8) is 0 Å². The summed E-state index contributed by atoms with van der Waals surface area (Å²) < 4.78 is 0. The molecular formula is C23H19Cl4NO2. The zero-order valence-electron chi connectivity index (χ0n) is 16.4. The average molecular weight is 483 g/mol. The fourth-order valence-electron chi connectivity index (χ4n) is 4.41. The van der Waals surface area contributed by atoms with Crippen molar-refractivity contribution >= 4 is 63.8 Å². The molecule has 1 atom stereocenters. The topological polar surface area (TPSA) is 37.4 Å². The van der Waals surface area contributed by atoms with Crippen molar-refractivity contribution in [2.45, 2.75) is 39.0 Å². The van der Waals surface area contributed by atoms with Gasteiger partial charge in [0, 0.05) is 35.1 Å². The summed E-state index contributed by atoms with van der Waals surface area (Å²) in [6.45, 7) is 4.05. The van der Waals surface area contributed by atoms with Gasteiger partial charge in [-0.25, -0.2) is 0 Å². The Morgan fingerprint density at radius 2 is 1.70 bits per heavy atom. The van der Waals surface area contributed by atoms with E-state index >= 15 is 0 Å². The fourth-order valence-corrected chi connectivity index (χ4v) is 5.35. The van der Waals surface area contributed by atoms with Crippen LogP contribution >= 0.6 is 46.4 Å². The maximum atomic E-state index is 13.4. The normalized spacial score (nSPS) is 21.1. The molecule has 30 heavy (non-hydrogen) atoms. The monoisotopic (exact) mass is 481 g/mol.